The van der Waals surface area contributed by atoms with E-state index in [1.807, 2.05) is 23.1 Å². The lowest BCUT2D eigenvalue weighted by atomic mass is 9.90. The summed E-state index contributed by atoms with van der Waals surface area (Å²) in [4.78, 5) is 22.2. The Hall–Kier alpha value is -2.64. The van der Waals surface area contributed by atoms with Crippen molar-refractivity contribution < 1.29 is 14.6 Å². The van der Waals surface area contributed by atoms with Crippen molar-refractivity contribution in [1.82, 2.24) is 19.4 Å². The van der Waals surface area contributed by atoms with Gasteiger partial charge in [0.1, 0.15) is 11.9 Å². The van der Waals surface area contributed by atoms with Gasteiger partial charge in [-0.2, -0.15) is 0 Å². The van der Waals surface area contributed by atoms with Gasteiger partial charge in [0.2, 0.25) is 0 Å². The third-order valence-electron chi connectivity index (χ3n) is 6.48. The fourth-order valence-corrected chi connectivity index (χ4v) is 4.52. The maximum atomic E-state index is 13.1. The molecule has 0 spiro atoms. The van der Waals surface area contributed by atoms with Crippen molar-refractivity contribution in [3.8, 4) is 0 Å². The highest BCUT2D eigenvalue weighted by Crippen LogP contribution is 2.31. The smallest absolute Gasteiger partial charge is 0.253 e. The highest BCUT2D eigenvalue weighted by atomic mass is 16.5. The third kappa shape index (κ3) is 3.75. The van der Waals surface area contributed by atoms with Gasteiger partial charge in [-0.05, 0) is 56.4 Å². The number of ether oxygens (including phenoxy) is 1. The molecule has 0 radical (unpaired) electrons. The van der Waals surface area contributed by atoms with Crippen LogP contribution >= 0.6 is 0 Å². The normalized spacial score (nSPS) is 16.3. The van der Waals surface area contributed by atoms with E-state index in [-0.39, 0.29) is 11.8 Å². The van der Waals surface area contributed by atoms with Crippen LogP contribution in [0.15, 0.2) is 30.6 Å². The summed E-state index contributed by atoms with van der Waals surface area (Å²) in [5, 5.41) is 11.6. The minimum atomic E-state index is -0.605. The van der Waals surface area contributed by atoms with E-state index in [9.17, 15) is 9.90 Å². The number of H-pyrrole nitrogens is 1. The first kappa shape index (κ1) is 20.6. The zero-order valence-electron chi connectivity index (χ0n) is 17.9. The van der Waals surface area contributed by atoms with Crippen LogP contribution in [0.4, 0.5) is 0 Å². The molecular weight excluding hydrogens is 380 g/mol. The van der Waals surface area contributed by atoms with E-state index >= 15 is 0 Å². The van der Waals surface area contributed by atoms with Crippen LogP contribution in [0.25, 0.3) is 10.9 Å². The molecule has 3 aromatic rings. The van der Waals surface area contributed by atoms with Crippen molar-refractivity contribution in [3.63, 3.8) is 0 Å². The first-order chi connectivity index (χ1) is 14.5. The highest BCUT2D eigenvalue weighted by Gasteiger charge is 2.30. The van der Waals surface area contributed by atoms with Crippen molar-refractivity contribution in [3.05, 3.63) is 53.2 Å². The summed E-state index contributed by atoms with van der Waals surface area (Å²) in [6.45, 7) is 6.96. The standard InChI is InChI=1S/C23H30N4O3/c1-15-16(2)27(12-13-30-3)20-5-4-18(14-19(15)20)23(29)26-10-6-17(7-11-26)21(28)22-24-8-9-25-22/h4-5,8-9,14,17,21,28H,6-7,10-13H2,1-3H3,(H,24,25). The third-order valence-corrected chi connectivity index (χ3v) is 6.48. The number of aliphatic hydroxyl groups is 1. The van der Waals surface area contributed by atoms with E-state index in [2.05, 4.69) is 28.4 Å². The molecule has 2 aromatic heterocycles. The number of aliphatic hydroxyl groups excluding tert-OH is 1. The lowest BCUT2D eigenvalue weighted by molar-refractivity contribution is 0.0434. The largest absolute Gasteiger partial charge is 0.385 e. The molecule has 3 heterocycles. The summed E-state index contributed by atoms with van der Waals surface area (Å²) in [6, 6.07) is 6.00. The maximum absolute atomic E-state index is 13.1. The molecule has 7 nitrogen and oxygen atoms in total. The zero-order valence-corrected chi connectivity index (χ0v) is 17.9. The van der Waals surface area contributed by atoms with E-state index in [1.165, 1.54) is 11.3 Å². The number of carbonyl (C=O) groups is 1. The summed E-state index contributed by atoms with van der Waals surface area (Å²) in [5.74, 6) is 0.779. The molecule has 1 atom stereocenters. The summed E-state index contributed by atoms with van der Waals surface area (Å²) in [5.41, 5.74) is 4.27. The fourth-order valence-electron chi connectivity index (χ4n) is 4.52. The van der Waals surface area contributed by atoms with Crippen LogP contribution < -0.4 is 0 Å². The Balaban J connectivity index is 1.48. The van der Waals surface area contributed by atoms with E-state index < -0.39 is 6.10 Å². The molecule has 4 rings (SSSR count). The molecule has 160 valence electrons. The van der Waals surface area contributed by atoms with Crippen molar-refractivity contribution in [1.29, 1.82) is 0 Å². The Kier molecular flexibility index (Phi) is 5.92. The number of amides is 1. The number of likely N-dealkylation sites (tertiary alicyclic amines) is 1. The predicted molar refractivity (Wildman–Crippen MR) is 115 cm³/mol. The van der Waals surface area contributed by atoms with Gasteiger partial charge in [0.25, 0.3) is 5.91 Å². The van der Waals surface area contributed by atoms with Crippen molar-refractivity contribution >= 4 is 16.8 Å². The average molecular weight is 411 g/mol. The summed E-state index contributed by atoms with van der Waals surface area (Å²) in [7, 11) is 1.71. The van der Waals surface area contributed by atoms with E-state index in [0.717, 1.165) is 35.9 Å². The van der Waals surface area contributed by atoms with E-state index in [4.69, 9.17) is 4.74 Å². The maximum Gasteiger partial charge on any atom is 0.253 e. The number of imidazole rings is 1. The van der Waals surface area contributed by atoms with Crippen molar-refractivity contribution in [2.24, 2.45) is 5.92 Å². The number of piperidine rings is 1. The summed E-state index contributed by atoms with van der Waals surface area (Å²) < 4.78 is 7.50. The Morgan fingerprint density at radius 2 is 2.10 bits per heavy atom. The van der Waals surface area contributed by atoms with Gasteiger partial charge in [0.15, 0.2) is 0 Å². The lowest BCUT2D eigenvalue weighted by Gasteiger charge is -2.33. The van der Waals surface area contributed by atoms with Crippen LogP contribution in [0.5, 0.6) is 0 Å². The molecule has 0 saturated carbocycles. The molecule has 30 heavy (non-hydrogen) atoms. The molecule has 1 saturated heterocycles. The van der Waals surface area contributed by atoms with E-state index in [0.29, 0.717) is 25.5 Å². The Bertz CT molecular complexity index is 1020. The Morgan fingerprint density at radius 3 is 2.77 bits per heavy atom. The van der Waals surface area contributed by atoms with Gasteiger partial charge in [-0.25, -0.2) is 4.98 Å². The van der Waals surface area contributed by atoms with Gasteiger partial charge in [-0.1, -0.05) is 0 Å². The second-order valence-electron chi connectivity index (χ2n) is 8.14. The van der Waals surface area contributed by atoms with Crippen LogP contribution in [0.2, 0.25) is 0 Å². The Morgan fingerprint density at radius 1 is 1.33 bits per heavy atom. The van der Waals surface area contributed by atoms with Crippen LogP contribution in [0.3, 0.4) is 0 Å². The number of hydrogen-bond donors (Lipinski definition) is 2. The van der Waals surface area contributed by atoms with Crippen LogP contribution in [-0.4, -0.2) is 57.3 Å². The van der Waals surface area contributed by atoms with Gasteiger partial charge in [-0.15, -0.1) is 0 Å². The SMILES string of the molecule is COCCn1c(C)c(C)c2cc(C(=O)N3CCC(C(O)c4ncc[nH]4)CC3)ccc21. The number of aromatic amines is 1. The number of nitrogens with one attached hydrogen (secondary N) is 1. The predicted octanol–water partition coefficient (Wildman–Crippen LogP) is 3.21. The number of aromatic nitrogens is 3. The number of nitrogens with zero attached hydrogens (tertiary/aromatic N) is 3. The van der Waals surface area contributed by atoms with Crippen molar-refractivity contribution in [2.45, 2.75) is 39.3 Å². The number of methoxy groups -OCH3 is 1. The number of hydrogen-bond acceptors (Lipinski definition) is 4. The molecule has 1 aliphatic rings. The number of carbonyl (C=O) groups excluding carboxylic acids is 1. The van der Waals surface area contributed by atoms with Gasteiger partial charge < -0.3 is 24.3 Å². The number of rotatable bonds is 6. The molecule has 1 aliphatic heterocycles. The molecule has 1 amide bonds. The first-order valence-corrected chi connectivity index (χ1v) is 10.6. The van der Waals surface area contributed by atoms with Crippen LogP contribution in [-0.2, 0) is 11.3 Å². The molecule has 1 fully saturated rings. The molecule has 7 heteroatoms. The minimum Gasteiger partial charge on any atom is -0.385 e. The summed E-state index contributed by atoms with van der Waals surface area (Å²) in [6.07, 6.45) is 4.30. The second kappa shape index (κ2) is 8.62. The Labute approximate surface area is 176 Å². The first-order valence-electron chi connectivity index (χ1n) is 10.6. The van der Waals surface area contributed by atoms with E-state index in [1.54, 1.807) is 19.5 Å². The molecule has 1 unspecified atom stereocenters. The molecular formula is C23H30N4O3. The van der Waals surface area contributed by atoms with Crippen LogP contribution in [0, 0.1) is 19.8 Å². The molecule has 2 N–H and O–H groups in total. The van der Waals surface area contributed by atoms with Gasteiger partial charge in [0.05, 0.1) is 6.61 Å². The minimum absolute atomic E-state index is 0.0598. The van der Waals surface area contributed by atoms with Crippen molar-refractivity contribution in [2.75, 3.05) is 26.8 Å². The average Bonchev–Trinajstić information content (AvgIpc) is 3.39. The summed E-state index contributed by atoms with van der Waals surface area (Å²) >= 11 is 0. The monoisotopic (exact) mass is 410 g/mol. The molecule has 0 aliphatic carbocycles. The van der Waals surface area contributed by atoms with Gasteiger partial charge in [-0.3, -0.25) is 4.79 Å². The number of benzene rings is 1. The molecule has 1 aromatic carbocycles. The highest BCUT2D eigenvalue weighted by molar-refractivity contribution is 5.99. The second-order valence-corrected chi connectivity index (χ2v) is 8.14. The topological polar surface area (TPSA) is 83.4 Å². The van der Waals surface area contributed by atoms with Gasteiger partial charge >= 0.3 is 0 Å². The fraction of sp³-hybridized carbons (Fsp3) is 0.478. The quantitative estimate of drug-likeness (QED) is 0.654. The number of aryl methyl sites for hydroxylation is 1. The van der Waals surface area contributed by atoms with Crippen LogP contribution in [0.1, 0.15) is 46.4 Å². The molecule has 0 bridgehead atoms. The number of fused-ring (bicyclic) bond motifs is 1. The lowest BCUT2D eigenvalue weighted by Crippen LogP contribution is -2.39. The zero-order chi connectivity index (χ0) is 21.3. The van der Waals surface area contributed by atoms with Gasteiger partial charge in [0, 0.05) is 61.3 Å².